The Kier molecular flexibility index (Phi) is 10.4. The van der Waals surface area contributed by atoms with Gasteiger partial charge in [0.25, 0.3) is 0 Å². The molecule has 0 aliphatic rings. The van der Waals surface area contributed by atoms with E-state index in [0.717, 1.165) is 0 Å². The van der Waals surface area contributed by atoms with Crippen molar-refractivity contribution in [2.75, 3.05) is 13.2 Å². The summed E-state index contributed by atoms with van der Waals surface area (Å²) in [5, 5.41) is 34.9. The van der Waals surface area contributed by atoms with E-state index in [9.17, 15) is 29.4 Å². The number of aliphatic hydroxyl groups is 1. The van der Waals surface area contributed by atoms with Gasteiger partial charge in [-0.3, -0.25) is 14.4 Å². The smallest absolute Gasteiger partial charge is 0.326 e. The number of aliphatic carboxylic acids is 1. The molecule has 3 amide bonds. The van der Waals surface area contributed by atoms with Gasteiger partial charge >= 0.3 is 5.97 Å². The average Bonchev–Trinajstić information content (AvgIpc) is 2.75. The fourth-order valence-corrected chi connectivity index (χ4v) is 2.64. The number of carbonyl (C=O) groups excluding carboxylic acids is 3. The standard InChI is InChI=1S/C20H30N4O7/c1-3-11(2)17(24-16(27)9-22-18(28)14(21)10-25)19(29)23-15(20(30)31)8-12-4-6-13(26)7-5-12/h4-7,11,14-15,17,25-26H,3,8-10,21H2,1-2H3,(H,22,28)(H,23,29)(H,24,27)(H,30,31). The third-order valence-electron chi connectivity index (χ3n) is 4.76. The Morgan fingerprint density at radius 1 is 1.06 bits per heavy atom. The van der Waals surface area contributed by atoms with Crippen molar-refractivity contribution >= 4 is 23.7 Å². The van der Waals surface area contributed by atoms with Gasteiger partial charge in [-0.15, -0.1) is 0 Å². The van der Waals surface area contributed by atoms with Gasteiger partial charge in [0.05, 0.1) is 13.2 Å². The lowest BCUT2D eigenvalue weighted by atomic mass is 9.97. The molecule has 0 saturated carbocycles. The van der Waals surface area contributed by atoms with Crippen molar-refractivity contribution in [1.29, 1.82) is 0 Å². The van der Waals surface area contributed by atoms with Crippen LogP contribution in [0.4, 0.5) is 0 Å². The number of phenols is 1. The molecule has 4 atom stereocenters. The van der Waals surface area contributed by atoms with Crippen molar-refractivity contribution < 1.29 is 34.5 Å². The molecule has 11 nitrogen and oxygen atoms in total. The van der Waals surface area contributed by atoms with E-state index in [2.05, 4.69) is 16.0 Å². The van der Waals surface area contributed by atoms with Crippen molar-refractivity contribution in [2.45, 2.75) is 44.8 Å². The zero-order valence-corrected chi connectivity index (χ0v) is 17.5. The molecule has 1 aromatic carbocycles. The molecule has 0 fully saturated rings. The number of hydrogen-bond donors (Lipinski definition) is 7. The number of phenolic OH excluding ortho intramolecular Hbond substituents is 1. The number of hydrogen-bond acceptors (Lipinski definition) is 7. The number of aliphatic hydroxyl groups excluding tert-OH is 1. The molecule has 0 aromatic heterocycles. The van der Waals surface area contributed by atoms with Crippen molar-refractivity contribution in [3.8, 4) is 5.75 Å². The first kappa shape index (κ1) is 25.9. The van der Waals surface area contributed by atoms with Crippen LogP contribution in [-0.2, 0) is 25.6 Å². The number of carboxylic acids is 1. The van der Waals surface area contributed by atoms with Crippen LogP contribution in [0.15, 0.2) is 24.3 Å². The first-order valence-electron chi connectivity index (χ1n) is 9.83. The molecule has 1 aromatic rings. The van der Waals surface area contributed by atoms with Crippen LogP contribution in [0.3, 0.4) is 0 Å². The van der Waals surface area contributed by atoms with Crippen LogP contribution >= 0.6 is 0 Å². The molecule has 0 saturated heterocycles. The maximum atomic E-state index is 12.8. The molecule has 8 N–H and O–H groups in total. The molecule has 0 aliphatic carbocycles. The van der Waals surface area contributed by atoms with Crippen molar-refractivity contribution in [3.63, 3.8) is 0 Å². The number of aromatic hydroxyl groups is 1. The summed E-state index contributed by atoms with van der Waals surface area (Å²) in [6, 6.07) is 2.48. The molecule has 0 radical (unpaired) electrons. The van der Waals surface area contributed by atoms with E-state index >= 15 is 0 Å². The average molecular weight is 438 g/mol. The van der Waals surface area contributed by atoms with E-state index in [1.54, 1.807) is 19.1 Å². The van der Waals surface area contributed by atoms with Crippen molar-refractivity contribution in [2.24, 2.45) is 11.7 Å². The number of carbonyl (C=O) groups is 4. The third-order valence-corrected chi connectivity index (χ3v) is 4.76. The van der Waals surface area contributed by atoms with E-state index in [0.29, 0.717) is 12.0 Å². The highest BCUT2D eigenvalue weighted by molar-refractivity contribution is 5.92. The number of carboxylic acid groups (broad SMARTS) is 1. The number of nitrogens with two attached hydrogens (primary N) is 1. The van der Waals surface area contributed by atoms with Crippen LogP contribution in [0.1, 0.15) is 25.8 Å². The lowest BCUT2D eigenvalue weighted by Gasteiger charge is -2.25. The van der Waals surface area contributed by atoms with Crippen LogP contribution in [-0.4, -0.2) is 70.3 Å². The fourth-order valence-electron chi connectivity index (χ4n) is 2.64. The number of rotatable bonds is 12. The number of amides is 3. The highest BCUT2D eigenvalue weighted by atomic mass is 16.4. The van der Waals surface area contributed by atoms with Crippen molar-refractivity contribution in [3.05, 3.63) is 29.8 Å². The number of benzene rings is 1. The van der Waals surface area contributed by atoms with Gasteiger partial charge < -0.3 is 37.0 Å². The minimum atomic E-state index is -1.25. The lowest BCUT2D eigenvalue weighted by molar-refractivity contribution is -0.142. The Balaban J connectivity index is 2.80. The van der Waals surface area contributed by atoms with Crippen LogP contribution in [0.25, 0.3) is 0 Å². The maximum absolute atomic E-state index is 12.8. The summed E-state index contributed by atoms with van der Waals surface area (Å²) in [5.41, 5.74) is 5.94. The summed E-state index contributed by atoms with van der Waals surface area (Å²) in [6.45, 7) is 2.50. The quantitative estimate of drug-likeness (QED) is 0.204. The zero-order valence-electron chi connectivity index (χ0n) is 17.5. The Bertz CT molecular complexity index is 769. The molecule has 0 bridgehead atoms. The maximum Gasteiger partial charge on any atom is 0.326 e. The largest absolute Gasteiger partial charge is 0.508 e. The van der Waals surface area contributed by atoms with Gasteiger partial charge in [0.1, 0.15) is 23.9 Å². The molecule has 0 spiro atoms. The van der Waals surface area contributed by atoms with Gasteiger partial charge in [0, 0.05) is 6.42 Å². The summed E-state index contributed by atoms with van der Waals surface area (Å²) in [6.07, 6.45) is 0.507. The van der Waals surface area contributed by atoms with Gasteiger partial charge in [0.15, 0.2) is 0 Å². The Morgan fingerprint density at radius 3 is 2.19 bits per heavy atom. The lowest BCUT2D eigenvalue weighted by Crippen LogP contribution is -2.56. The minimum absolute atomic E-state index is 0.0162. The molecular formula is C20H30N4O7. The topological polar surface area (TPSA) is 191 Å². The van der Waals surface area contributed by atoms with Gasteiger partial charge in [-0.2, -0.15) is 0 Å². The predicted octanol–water partition coefficient (Wildman–Crippen LogP) is -1.53. The van der Waals surface area contributed by atoms with E-state index in [1.807, 2.05) is 6.92 Å². The molecule has 0 heterocycles. The molecule has 4 unspecified atom stereocenters. The summed E-state index contributed by atoms with van der Waals surface area (Å²) >= 11 is 0. The molecule has 1 rings (SSSR count). The minimum Gasteiger partial charge on any atom is -0.508 e. The predicted molar refractivity (Wildman–Crippen MR) is 111 cm³/mol. The summed E-state index contributed by atoms with van der Waals surface area (Å²) < 4.78 is 0. The summed E-state index contributed by atoms with van der Waals surface area (Å²) in [7, 11) is 0. The monoisotopic (exact) mass is 438 g/mol. The SMILES string of the molecule is CCC(C)C(NC(=O)CNC(=O)C(N)CO)C(=O)NC(Cc1ccc(O)cc1)C(=O)O. The Morgan fingerprint density at radius 2 is 1.68 bits per heavy atom. The number of nitrogens with one attached hydrogen (secondary N) is 3. The van der Waals surface area contributed by atoms with E-state index in [-0.39, 0.29) is 18.1 Å². The van der Waals surface area contributed by atoms with Gasteiger partial charge in [-0.1, -0.05) is 32.4 Å². The second kappa shape index (κ2) is 12.5. The van der Waals surface area contributed by atoms with Crippen LogP contribution in [0.2, 0.25) is 0 Å². The first-order valence-corrected chi connectivity index (χ1v) is 9.83. The Labute approximate surface area is 180 Å². The molecule has 172 valence electrons. The zero-order chi connectivity index (χ0) is 23.6. The van der Waals surface area contributed by atoms with Gasteiger partial charge in [-0.05, 0) is 23.6 Å². The van der Waals surface area contributed by atoms with Gasteiger partial charge in [0.2, 0.25) is 17.7 Å². The van der Waals surface area contributed by atoms with E-state index in [4.69, 9.17) is 10.8 Å². The van der Waals surface area contributed by atoms with E-state index < -0.39 is 55.0 Å². The highest BCUT2D eigenvalue weighted by Crippen LogP contribution is 2.13. The van der Waals surface area contributed by atoms with Crippen molar-refractivity contribution in [1.82, 2.24) is 16.0 Å². The molecule has 31 heavy (non-hydrogen) atoms. The normalized spacial score (nSPS) is 14.6. The second-order valence-electron chi connectivity index (χ2n) is 7.21. The Hall–Kier alpha value is -3.18. The molecular weight excluding hydrogens is 408 g/mol. The van der Waals surface area contributed by atoms with Crippen LogP contribution in [0.5, 0.6) is 5.75 Å². The van der Waals surface area contributed by atoms with Gasteiger partial charge in [-0.25, -0.2) is 4.79 Å². The van der Waals surface area contributed by atoms with Crippen LogP contribution < -0.4 is 21.7 Å². The highest BCUT2D eigenvalue weighted by Gasteiger charge is 2.30. The fraction of sp³-hybridized carbons (Fsp3) is 0.500. The summed E-state index contributed by atoms with van der Waals surface area (Å²) in [4.78, 5) is 48.1. The third kappa shape index (κ3) is 8.60. The van der Waals surface area contributed by atoms with Crippen LogP contribution in [0, 0.1) is 5.92 Å². The second-order valence-corrected chi connectivity index (χ2v) is 7.21. The first-order chi connectivity index (χ1) is 14.6. The molecule has 11 heteroatoms. The summed E-state index contributed by atoms with van der Waals surface area (Å²) in [5.74, 6) is -3.59. The molecule has 0 aliphatic heterocycles. The van der Waals surface area contributed by atoms with E-state index in [1.165, 1.54) is 12.1 Å².